The number of allylic oxidation sites excluding steroid dienone is 1. The molecule has 8 heavy (non-hydrogen) atoms. The minimum Gasteiger partial charge on any atom is -0.248 e. The Morgan fingerprint density at radius 1 is 1.62 bits per heavy atom. The molecule has 0 atom stereocenters. The highest BCUT2D eigenvalue weighted by molar-refractivity contribution is 5.92. The lowest BCUT2D eigenvalue weighted by molar-refractivity contribution is -0.419. The van der Waals surface area contributed by atoms with Crippen LogP contribution in [0.3, 0.4) is 0 Å². The van der Waals surface area contributed by atoms with E-state index < -0.39 is 0 Å². The monoisotopic (exact) mass is 112 g/mol. The lowest BCUT2D eigenvalue weighted by Crippen LogP contribution is -2.67. The van der Waals surface area contributed by atoms with E-state index >= 15 is 0 Å². The second-order valence-electron chi connectivity index (χ2n) is 1.83. The van der Waals surface area contributed by atoms with Crippen molar-refractivity contribution in [2.45, 2.75) is 20.3 Å². The van der Waals surface area contributed by atoms with E-state index in [-0.39, 0.29) is 0 Å². The lowest BCUT2D eigenvalue weighted by atomic mass is 10.1. The van der Waals surface area contributed by atoms with E-state index in [1.54, 1.807) is 0 Å². The highest BCUT2D eigenvalue weighted by Gasteiger charge is 1.96. The first-order chi connectivity index (χ1) is 3.72. The molecule has 0 bridgehead atoms. The summed E-state index contributed by atoms with van der Waals surface area (Å²) in [6.07, 6.45) is 1.03. The molecule has 0 saturated heterocycles. The Bertz CT molecular complexity index is 112. The molecule has 0 spiro atoms. The number of rotatable bonds is 2. The Balaban J connectivity index is 3.83. The predicted molar refractivity (Wildman–Crippen MR) is 37.0 cm³/mol. The Kier molecular flexibility index (Phi) is 3.16. The molecule has 0 rings (SSSR count). The van der Waals surface area contributed by atoms with Crippen molar-refractivity contribution in [2.24, 2.45) is 0 Å². The van der Waals surface area contributed by atoms with Gasteiger partial charge in [-0.05, 0) is 6.42 Å². The van der Waals surface area contributed by atoms with E-state index in [1.165, 1.54) is 11.3 Å². The van der Waals surface area contributed by atoms with E-state index in [0.717, 1.165) is 6.42 Å². The maximum Gasteiger partial charge on any atom is 0.173 e. The first-order valence-corrected chi connectivity index (χ1v) is 2.91. The van der Waals surface area contributed by atoms with Gasteiger partial charge in [0.2, 0.25) is 0 Å². The summed E-state index contributed by atoms with van der Waals surface area (Å²) < 4.78 is 0. The van der Waals surface area contributed by atoms with Gasteiger partial charge in [0, 0.05) is 12.5 Å². The molecular weight excluding hydrogens is 98.1 g/mol. The van der Waals surface area contributed by atoms with Gasteiger partial charge < -0.3 is 0 Å². The van der Waals surface area contributed by atoms with Gasteiger partial charge in [0.15, 0.2) is 5.71 Å². The molecule has 0 aliphatic carbocycles. The maximum atomic E-state index is 3.84. The van der Waals surface area contributed by atoms with Crippen LogP contribution >= 0.6 is 0 Å². The van der Waals surface area contributed by atoms with Gasteiger partial charge in [-0.25, -0.2) is 4.99 Å². The SMILES string of the molecule is C=C(CC)C(C)=[NH+]C. The van der Waals surface area contributed by atoms with Gasteiger partial charge >= 0.3 is 0 Å². The predicted octanol–water partition coefficient (Wildman–Crippen LogP) is 0.124. The highest BCUT2D eigenvalue weighted by atomic mass is 14.7. The highest BCUT2D eigenvalue weighted by Crippen LogP contribution is 1.93. The molecule has 0 aromatic rings. The second kappa shape index (κ2) is 3.42. The van der Waals surface area contributed by atoms with Crippen molar-refractivity contribution < 1.29 is 4.99 Å². The zero-order valence-electron chi connectivity index (χ0n) is 5.91. The molecule has 0 unspecified atom stereocenters. The molecule has 0 aliphatic rings. The Morgan fingerprint density at radius 3 is 2.25 bits per heavy atom. The van der Waals surface area contributed by atoms with Gasteiger partial charge in [0.05, 0.1) is 0 Å². The van der Waals surface area contributed by atoms with Crippen LogP contribution < -0.4 is 4.99 Å². The van der Waals surface area contributed by atoms with E-state index in [1.807, 2.05) is 14.0 Å². The molecule has 0 aromatic carbocycles. The van der Waals surface area contributed by atoms with Crippen LogP contribution in [0.25, 0.3) is 0 Å². The van der Waals surface area contributed by atoms with E-state index in [0.29, 0.717) is 0 Å². The molecule has 46 valence electrons. The van der Waals surface area contributed by atoms with Crippen molar-refractivity contribution in [2.75, 3.05) is 7.05 Å². The third kappa shape index (κ3) is 1.92. The van der Waals surface area contributed by atoms with Gasteiger partial charge in [-0.1, -0.05) is 13.5 Å². The molecule has 1 heteroatoms. The summed E-state index contributed by atoms with van der Waals surface area (Å²) in [5.74, 6) is 0. The molecule has 0 amide bonds. The van der Waals surface area contributed by atoms with E-state index in [4.69, 9.17) is 0 Å². The fraction of sp³-hybridized carbons (Fsp3) is 0.571. The number of hydrogen-bond acceptors (Lipinski definition) is 0. The van der Waals surface area contributed by atoms with Crippen molar-refractivity contribution in [3.63, 3.8) is 0 Å². The van der Waals surface area contributed by atoms with Gasteiger partial charge in [-0.2, -0.15) is 0 Å². The molecule has 0 saturated carbocycles. The Labute approximate surface area is 51.1 Å². The average molecular weight is 112 g/mol. The molecule has 0 aliphatic heterocycles. The van der Waals surface area contributed by atoms with Crippen molar-refractivity contribution in [1.82, 2.24) is 0 Å². The lowest BCUT2D eigenvalue weighted by Gasteiger charge is -1.90. The van der Waals surface area contributed by atoms with Crippen LogP contribution in [-0.4, -0.2) is 12.8 Å². The fourth-order valence-electron chi connectivity index (χ4n) is 0.442. The average Bonchev–Trinajstić information content (AvgIpc) is 1.84. The van der Waals surface area contributed by atoms with Crippen LogP contribution in [0.5, 0.6) is 0 Å². The number of hydrogen-bond donors (Lipinski definition) is 1. The largest absolute Gasteiger partial charge is 0.248 e. The normalized spacial score (nSPS) is 11.6. The van der Waals surface area contributed by atoms with Gasteiger partial charge in [-0.3, -0.25) is 0 Å². The second-order valence-corrected chi connectivity index (χ2v) is 1.83. The Hall–Kier alpha value is -0.590. The third-order valence-electron chi connectivity index (χ3n) is 1.33. The fourth-order valence-corrected chi connectivity index (χ4v) is 0.442. The molecule has 1 nitrogen and oxygen atoms in total. The molecule has 1 N–H and O–H groups in total. The van der Waals surface area contributed by atoms with Crippen molar-refractivity contribution >= 4 is 5.71 Å². The van der Waals surface area contributed by atoms with Crippen LogP contribution in [-0.2, 0) is 0 Å². The van der Waals surface area contributed by atoms with Gasteiger partial charge in [0.25, 0.3) is 0 Å². The summed E-state index contributed by atoms with van der Waals surface area (Å²) in [4.78, 5) is 3.03. The first kappa shape index (κ1) is 7.41. The molecule has 0 radical (unpaired) electrons. The van der Waals surface area contributed by atoms with Crippen LogP contribution in [0, 0.1) is 0 Å². The van der Waals surface area contributed by atoms with Crippen LogP contribution in [0.4, 0.5) is 0 Å². The maximum absolute atomic E-state index is 3.84. The minimum absolute atomic E-state index is 1.03. The summed E-state index contributed by atoms with van der Waals surface area (Å²) in [6.45, 7) is 7.98. The zero-order chi connectivity index (χ0) is 6.57. The topological polar surface area (TPSA) is 14.0 Å². The third-order valence-corrected chi connectivity index (χ3v) is 1.33. The summed E-state index contributed by atoms with van der Waals surface area (Å²) >= 11 is 0. The minimum atomic E-state index is 1.03. The molecule has 0 fully saturated rings. The molecule has 0 aromatic heterocycles. The first-order valence-electron chi connectivity index (χ1n) is 2.91. The quantitative estimate of drug-likeness (QED) is 0.488. The number of nitrogens with one attached hydrogen (secondary N) is 1. The van der Waals surface area contributed by atoms with E-state index in [2.05, 4.69) is 18.5 Å². The van der Waals surface area contributed by atoms with Crippen LogP contribution in [0.15, 0.2) is 12.2 Å². The summed E-state index contributed by atoms with van der Waals surface area (Å²) in [5, 5.41) is 0. The van der Waals surface area contributed by atoms with Gasteiger partial charge in [-0.15, -0.1) is 0 Å². The smallest absolute Gasteiger partial charge is 0.173 e. The van der Waals surface area contributed by atoms with Crippen molar-refractivity contribution in [3.8, 4) is 0 Å². The standard InChI is InChI=1S/C7H13N/c1-5-6(2)7(3)8-4/h2,5H2,1,3-4H3/p+1. The van der Waals surface area contributed by atoms with Crippen LogP contribution in [0.1, 0.15) is 20.3 Å². The van der Waals surface area contributed by atoms with Crippen LogP contribution in [0.2, 0.25) is 0 Å². The summed E-state index contributed by atoms with van der Waals surface area (Å²) in [5.41, 5.74) is 2.38. The molecule has 0 heterocycles. The summed E-state index contributed by atoms with van der Waals surface area (Å²) in [6, 6.07) is 0. The van der Waals surface area contributed by atoms with Gasteiger partial charge in [0.1, 0.15) is 7.05 Å². The Morgan fingerprint density at radius 2 is 2.12 bits per heavy atom. The zero-order valence-corrected chi connectivity index (χ0v) is 5.91. The van der Waals surface area contributed by atoms with E-state index in [9.17, 15) is 0 Å². The van der Waals surface area contributed by atoms with Crippen molar-refractivity contribution in [1.29, 1.82) is 0 Å². The molecular formula is C7H14N+. The summed E-state index contributed by atoms with van der Waals surface area (Å²) in [7, 11) is 1.91. The van der Waals surface area contributed by atoms with Crippen molar-refractivity contribution in [3.05, 3.63) is 12.2 Å².